The minimum Gasteiger partial charge on any atom is -0.481 e. The highest BCUT2D eigenvalue weighted by atomic mass is 32.2. The van der Waals surface area contributed by atoms with Crippen LogP contribution in [0.2, 0.25) is 0 Å². The lowest BCUT2D eigenvalue weighted by Crippen LogP contribution is -1.97. The first-order valence-corrected chi connectivity index (χ1v) is 5.90. The Labute approximate surface area is 92.5 Å². The third-order valence-corrected chi connectivity index (χ3v) is 2.81. The van der Waals surface area contributed by atoms with E-state index in [0.717, 1.165) is 4.90 Å². The Kier molecular flexibility index (Phi) is 4.62. The molecule has 0 saturated heterocycles. The second kappa shape index (κ2) is 5.75. The molecule has 0 unspecified atom stereocenters. The molecule has 15 heavy (non-hydrogen) atoms. The fourth-order valence-corrected chi connectivity index (χ4v) is 1.76. The van der Waals surface area contributed by atoms with Crippen molar-refractivity contribution in [2.45, 2.75) is 24.2 Å². The normalized spacial score (nSPS) is 10.3. The summed E-state index contributed by atoms with van der Waals surface area (Å²) < 4.78 is 13.3. The van der Waals surface area contributed by atoms with Crippen LogP contribution in [-0.2, 0) is 11.2 Å². The summed E-state index contributed by atoms with van der Waals surface area (Å²) in [4.78, 5) is 11.3. The Balaban J connectivity index is 2.62. The highest BCUT2D eigenvalue weighted by molar-refractivity contribution is 7.98. The first-order valence-electron chi connectivity index (χ1n) is 4.67. The molecule has 0 aliphatic carbocycles. The monoisotopic (exact) mass is 228 g/mol. The molecule has 1 aromatic rings. The number of carboxylic acids is 1. The smallest absolute Gasteiger partial charge is 0.303 e. The van der Waals surface area contributed by atoms with Gasteiger partial charge in [0.05, 0.1) is 0 Å². The molecule has 0 heterocycles. The molecule has 0 aliphatic heterocycles. The highest BCUT2D eigenvalue weighted by Crippen LogP contribution is 2.19. The molecule has 82 valence electrons. The molecule has 4 heteroatoms. The van der Waals surface area contributed by atoms with Gasteiger partial charge < -0.3 is 5.11 Å². The second-order valence-corrected chi connectivity index (χ2v) is 4.08. The summed E-state index contributed by atoms with van der Waals surface area (Å²) in [6, 6.07) is 4.93. The first kappa shape index (κ1) is 12.0. The Morgan fingerprint density at radius 2 is 2.27 bits per heavy atom. The van der Waals surface area contributed by atoms with Gasteiger partial charge in [-0.2, -0.15) is 0 Å². The lowest BCUT2D eigenvalue weighted by Gasteiger charge is -2.04. The van der Waals surface area contributed by atoms with Crippen LogP contribution in [0.15, 0.2) is 23.1 Å². The van der Waals surface area contributed by atoms with E-state index in [9.17, 15) is 9.18 Å². The fourth-order valence-electron chi connectivity index (χ4n) is 1.30. The Hall–Kier alpha value is -1.03. The molecule has 1 aromatic carbocycles. The summed E-state index contributed by atoms with van der Waals surface area (Å²) in [7, 11) is 0. The lowest BCUT2D eigenvalue weighted by atomic mass is 10.1. The lowest BCUT2D eigenvalue weighted by molar-refractivity contribution is -0.137. The quantitative estimate of drug-likeness (QED) is 0.787. The standard InChI is InChI=1S/C11H13FO2S/c1-15-9-5-6-10(12)8(7-9)3-2-4-11(13)14/h5-7H,2-4H2,1H3,(H,13,14). The van der Waals surface area contributed by atoms with E-state index in [0.29, 0.717) is 18.4 Å². The molecule has 0 amide bonds. The van der Waals surface area contributed by atoms with E-state index in [1.54, 1.807) is 23.9 Å². The van der Waals surface area contributed by atoms with Crippen LogP contribution in [-0.4, -0.2) is 17.3 Å². The van der Waals surface area contributed by atoms with Crippen molar-refractivity contribution >= 4 is 17.7 Å². The van der Waals surface area contributed by atoms with Crippen LogP contribution in [0.4, 0.5) is 4.39 Å². The van der Waals surface area contributed by atoms with E-state index in [1.165, 1.54) is 6.07 Å². The van der Waals surface area contributed by atoms with Crippen LogP contribution < -0.4 is 0 Å². The van der Waals surface area contributed by atoms with Gasteiger partial charge in [-0.1, -0.05) is 0 Å². The van der Waals surface area contributed by atoms with Gasteiger partial charge in [0.2, 0.25) is 0 Å². The number of benzene rings is 1. The van der Waals surface area contributed by atoms with Crippen LogP contribution in [0.1, 0.15) is 18.4 Å². The Bertz CT molecular complexity index is 352. The molecule has 0 aromatic heterocycles. The summed E-state index contributed by atoms with van der Waals surface area (Å²) in [5.74, 6) is -1.09. The maximum absolute atomic E-state index is 13.3. The predicted molar refractivity (Wildman–Crippen MR) is 58.8 cm³/mol. The molecular formula is C11H13FO2S. The van der Waals surface area contributed by atoms with Crippen LogP contribution in [0.25, 0.3) is 0 Å². The van der Waals surface area contributed by atoms with Crippen LogP contribution >= 0.6 is 11.8 Å². The number of hydrogen-bond acceptors (Lipinski definition) is 2. The van der Waals surface area contributed by atoms with E-state index in [1.807, 2.05) is 6.26 Å². The van der Waals surface area contributed by atoms with Crippen molar-refractivity contribution in [1.29, 1.82) is 0 Å². The molecule has 0 fully saturated rings. The summed E-state index contributed by atoms with van der Waals surface area (Å²) in [6.07, 6.45) is 2.97. The average Bonchev–Trinajstić information content (AvgIpc) is 2.20. The molecule has 0 aliphatic rings. The third kappa shape index (κ3) is 3.91. The van der Waals surface area contributed by atoms with Crippen molar-refractivity contribution in [2.75, 3.05) is 6.26 Å². The maximum atomic E-state index is 13.3. The summed E-state index contributed by atoms with van der Waals surface area (Å²) in [6.45, 7) is 0. The van der Waals surface area contributed by atoms with Gasteiger partial charge in [-0.15, -0.1) is 11.8 Å². The van der Waals surface area contributed by atoms with Gasteiger partial charge in [-0.05, 0) is 42.9 Å². The van der Waals surface area contributed by atoms with Crippen molar-refractivity contribution in [1.82, 2.24) is 0 Å². The molecule has 1 N–H and O–H groups in total. The summed E-state index contributed by atoms with van der Waals surface area (Å²) >= 11 is 1.55. The van der Waals surface area contributed by atoms with Crippen molar-refractivity contribution < 1.29 is 14.3 Å². The summed E-state index contributed by atoms with van der Waals surface area (Å²) in [5, 5.41) is 8.46. The first-order chi connectivity index (χ1) is 7.13. The highest BCUT2D eigenvalue weighted by Gasteiger charge is 2.04. The van der Waals surface area contributed by atoms with E-state index in [4.69, 9.17) is 5.11 Å². The van der Waals surface area contributed by atoms with E-state index < -0.39 is 5.97 Å². The van der Waals surface area contributed by atoms with Gasteiger partial charge in [0.15, 0.2) is 0 Å². The molecule has 0 radical (unpaired) electrons. The molecular weight excluding hydrogens is 215 g/mol. The van der Waals surface area contributed by atoms with Gasteiger partial charge >= 0.3 is 5.97 Å². The van der Waals surface area contributed by atoms with Crippen LogP contribution in [0, 0.1) is 5.82 Å². The summed E-state index contributed by atoms with van der Waals surface area (Å²) in [5.41, 5.74) is 0.600. The van der Waals surface area contributed by atoms with Gasteiger partial charge in [0, 0.05) is 11.3 Å². The number of rotatable bonds is 5. The maximum Gasteiger partial charge on any atom is 0.303 e. The van der Waals surface area contributed by atoms with Crippen LogP contribution in [0.5, 0.6) is 0 Å². The largest absolute Gasteiger partial charge is 0.481 e. The zero-order chi connectivity index (χ0) is 11.3. The van der Waals surface area contributed by atoms with E-state index in [2.05, 4.69) is 0 Å². The Morgan fingerprint density at radius 1 is 1.53 bits per heavy atom. The molecule has 0 bridgehead atoms. The number of carbonyl (C=O) groups is 1. The zero-order valence-electron chi connectivity index (χ0n) is 8.50. The predicted octanol–water partition coefficient (Wildman–Crippen LogP) is 2.95. The van der Waals surface area contributed by atoms with E-state index in [-0.39, 0.29) is 12.2 Å². The number of halogens is 1. The van der Waals surface area contributed by atoms with Crippen molar-refractivity contribution in [3.05, 3.63) is 29.6 Å². The van der Waals surface area contributed by atoms with Gasteiger partial charge in [0.1, 0.15) is 5.82 Å². The van der Waals surface area contributed by atoms with Gasteiger partial charge in [-0.3, -0.25) is 4.79 Å². The average molecular weight is 228 g/mol. The number of hydrogen-bond donors (Lipinski definition) is 1. The fraction of sp³-hybridized carbons (Fsp3) is 0.364. The van der Waals surface area contributed by atoms with Gasteiger partial charge in [-0.25, -0.2) is 4.39 Å². The second-order valence-electron chi connectivity index (χ2n) is 3.20. The zero-order valence-corrected chi connectivity index (χ0v) is 9.31. The SMILES string of the molecule is CSc1ccc(F)c(CCCC(=O)O)c1. The van der Waals surface area contributed by atoms with Gasteiger partial charge in [0.25, 0.3) is 0 Å². The number of aryl methyl sites for hydroxylation is 1. The minimum absolute atomic E-state index is 0.0862. The molecule has 0 saturated carbocycles. The molecule has 0 atom stereocenters. The molecule has 2 nitrogen and oxygen atoms in total. The third-order valence-electron chi connectivity index (χ3n) is 2.09. The Morgan fingerprint density at radius 3 is 2.87 bits per heavy atom. The van der Waals surface area contributed by atoms with Crippen LogP contribution in [0.3, 0.4) is 0 Å². The molecule has 0 spiro atoms. The molecule has 1 rings (SSSR count). The number of carboxylic acid groups (broad SMARTS) is 1. The van der Waals surface area contributed by atoms with E-state index >= 15 is 0 Å². The van der Waals surface area contributed by atoms with Crippen molar-refractivity contribution in [2.24, 2.45) is 0 Å². The topological polar surface area (TPSA) is 37.3 Å². The number of thioether (sulfide) groups is 1. The minimum atomic E-state index is -0.837. The number of aliphatic carboxylic acids is 1. The van der Waals surface area contributed by atoms with Crippen molar-refractivity contribution in [3.8, 4) is 0 Å². The van der Waals surface area contributed by atoms with Crippen molar-refractivity contribution in [3.63, 3.8) is 0 Å².